The van der Waals surface area contributed by atoms with E-state index in [4.69, 9.17) is 4.74 Å². The molecule has 1 saturated carbocycles. The summed E-state index contributed by atoms with van der Waals surface area (Å²) < 4.78 is 10.8. The first-order valence-corrected chi connectivity index (χ1v) is 16.9. The number of amides is 4. The van der Waals surface area contributed by atoms with Gasteiger partial charge >= 0.3 is 17.9 Å². The molecule has 0 radical (unpaired) electrons. The maximum absolute atomic E-state index is 11.2. The van der Waals surface area contributed by atoms with E-state index in [0.29, 0.717) is 42.2 Å². The molecule has 5 rings (SSSR count). The number of urea groups is 1. The number of aromatic nitrogens is 1. The Bertz CT molecular complexity index is 1100. The van der Waals surface area contributed by atoms with Gasteiger partial charge in [-0.05, 0) is 80.6 Å². The molecule has 3 saturated heterocycles. The van der Waals surface area contributed by atoms with Gasteiger partial charge in [-0.15, -0.1) is 0 Å². The highest BCUT2D eigenvalue weighted by molar-refractivity contribution is 5.83. The van der Waals surface area contributed by atoms with Gasteiger partial charge < -0.3 is 28.8 Å². The van der Waals surface area contributed by atoms with Crippen LogP contribution in [0.15, 0.2) is 21.7 Å². The fourth-order valence-corrected chi connectivity index (χ4v) is 4.87. The molecule has 0 N–H and O–H groups in total. The van der Waals surface area contributed by atoms with Crippen molar-refractivity contribution < 1.29 is 28.3 Å². The lowest BCUT2D eigenvalue weighted by Gasteiger charge is -2.19. The third-order valence-electron chi connectivity index (χ3n) is 7.82. The van der Waals surface area contributed by atoms with Crippen LogP contribution >= 0.6 is 0 Å². The molecule has 3 aliphatic heterocycles. The number of ether oxygens (including phenoxy) is 1. The van der Waals surface area contributed by atoms with E-state index >= 15 is 0 Å². The first-order chi connectivity index (χ1) is 21.5. The van der Waals surface area contributed by atoms with Crippen LogP contribution in [0, 0.1) is 11.8 Å². The Hall–Kier alpha value is -3.31. The van der Waals surface area contributed by atoms with Gasteiger partial charge in [0.15, 0.2) is 0 Å². The Labute approximate surface area is 276 Å². The number of hydrogen-bond donors (Lipinski definition) is 0. The van der Waals surface area contributed by atoms with E-state index in [2.05, 4.69) is 32.1 Å². The van der Waals surface area contributed by atoms with Crippen LogP contribution in [-0.4, -0.2) is 106 Å². The zero-order valence-corrected chi connectivity index (χ0v) is 30.3. The monoisotopic (exact) mass is 651 g/mol. The smallest absolute Gasteiger partial charge is 0.419 e. The van der Waals surface area contributed by atoms with Gasteiger partial charge in [0.1, 0.15) is 18.7 Å². The molecule has 4 fully saturated rings. The van der Waals surface area contributed by atoms with Crippen molar-refractivity contribution in [3.63, 3.8) is 0 Å². The van der Waals surface area contributed by atoms with Crippen LogP contribution in [0.1, 0.15) is 107 Å². The van der Waals surface area contributed by atoms with Crippen LogP contribution in [0.25, 0.3) is 0 Å². The maximum atomic E-state index is 11.2. The number of carbonyl (C=O) groups is 4. The molecule has 46 heavy (non-hydrogen) atoms. The van der Waals surface area contributed by atoms with Gasteiger partial charge in [0, 0.05) is 75.8 Å². The van der Waals surface area contributed by atoms with Gasteiger partial charge in [-0.1, -0.05) is 13.8 Å². The molecular formula is C34H61N5O7. The van der Waals surface area contributed by atoms with Crippen LogP contribution in [0.5, 0.6) is 0 Å². The summed E-state index contributed by atoms with van der Waals surface area (Å²) in [6.07, 6.45) is 7.77. The number of cyclic esters (lactones) is 1. The molecule has 0 bridgehead atoms. The number of oxazole rings is 1. The lowest BCUT2D eigenvalue weighted by molar-refractivity contribution is -0.129. The lowest BCUT2D eigenvalue weighted by atomic mass is 10.0. The number of likely N-dealkylation sites (N-methyl/N-ethyl adjacent to an activating group) is 1. The topological polar surface area (TPSA) is 126 Å². The van der Waals surface area contributed by atoms with Gasteiger partial charge in [-0.2, -0.15) is 0 Å². The molecule has 1 aromatic heterocycles. The standard InChI is InChI=1S/C8H14O.C7H14N2O.C7H13NO.C6H11NO2.C6H9NO2/c1-6(2)5-8(9)7-3-4-7;1-6(2)9-5-4-8(3)7(9)10;1-6(2)8-5-3-4-7(8)9;2*1-5(2)7-3-4-9-6(7)8/h6-7H,3-5H2,1-2H3;6H,4-5H2,1-3H3;6H,3-5H2,1-2H3;5H,3-4H2,1-2H3;3-5H,1-2H3. The largest absolute Gasteiger partial charge is 0.448 e. The SMILES string of the molecule is CC(C)CC(=O)C1CC1.CC(C)N1CCCC1=O.CC(C)N1CCN(C)C1=O.CC(C)N1CCOC1=O.CC(C)n1ccoc1=O. The summed E-state index contributed by atoms with van der Waals surface area (Å²) in [5.74, 6) is 1.55. The molecule has 4 aliphatic rings. The summed E-state index contributed by atoms with van der Waals surface area (Å²) in [7, 11) is 1.84. The molecule has 1 aromatic rings. The van der Waals surface area contributed by atoms with Crippen molar-refractivity contribution in [2.45, 2.75) is 126 Å². The predicted octanol–water partition coefficient (Wildman–Crippen LogP) is 5.66. The molecule has 264 valence electrons. The fourth-order valence-electron chi connectivity index (χ4n) is 4.87. The highest BCUT2D eigenvalue weighted by Gasteiger charge is 2.29. The molecular weight excluding hydrogens is 590 g/mol. The van der Waals surface area contributed by atoms with Crippen molar-refractivity contribution in [2.75, 3.05) is 39.8 Å². The Morgan fingerprint density at radius 2 is 1.37 bits per heavy atom. The number of hydrogen-bond acceptors (Lipinski definition) is 7. The summed E-state index contributed by atoms with van der Waals surface area (Å²) in [4.78, 5) is 61.8. The van der Waals surface area contributed by atoms with Crippen molar-refractivity contribution >= 4 is 23.8 Å². The molecule has 4 amide bonds. The second kappa shape index (κ2) is 20.0. The van der Waals surface area contributed by atoms with E-state index < -0.39 is 0 Å². The molecule has 4 heterocycles. The first-order valence-electron chi connectivity index (χ1n) is 16.9. The van der Waals surface area contributed by atoms with Crippen LogP contribution in [0.3, 0.4) is 0 Å². The summed E-state index contributed by atoms with van der Waals surface area (Å²) in [6, 6.07) is 1.38. The van der Waals surface area contributed by atoms with Crippen molar-refractivity contribution in [1.82, 2.24) is 24.2 Å². The van der Waals surface area contributed by atoms with Crippen LogP contribution in [-0.2, 0) is 14.3 Å². The Kier molecular flexibility index (Phi) is 17.7. The Balaban J connectivity index is 0.000000288. The number of nitrogens with zero attached hydrogens (tertiary/aromatic N) is 5. The molecule has 1 aliphatic carbocycles. The third kappa shape index (κ3) is 14.4. The summed E-state index contributed by atoms with van der Waals surface area (Å²) >= 11 is 0. The normalized spacial score (nSPS) is 17.5. The van der Waals surface area contributed by atoms with Gasteiger partial charge in [0.2, 0.25) is 5.91 Å². The minimum atomic E-state index is -0.287. The number of ketones is 1. The Morgan fingerprint density at radius 1 is 0.783 bits per heavy atom. The quantitative estimate of drug-likeness (QED) is 0.373. The Morgan fingerprint density at radius 3 is 1.61 bits per heavy atom. The van der Waals surface area contributed by atoms with Crippen molar-refractivity contribution in [2.24, 2.45) is 11.8 Å². The lowest BCUT2D eigenvalue weighted by Crippen LogP contribution is -2.34. The summed E-state index contributed by atoms with van der Waals surface area (Å²) in [5.41, 5.74) is 0. The van der Waals surface area contributed by atoms with Crippen LogP contribution < -0.4 is 5.76 Å². The molecule has 0 atom stereocenters. The molecule has 12 nitrogen and oxygen atoms in total. The summed E-state index contributed by atoms with van der Waals surface area (Å²) in [5, 5.41) is 0. The first kappa shape index (κ1) is 40.7. The maximum Gasteiger partial charge on any atom is 0.419 e. The average molecular weight is 652 g/mol. The third-order valence-corrected chi connectivity index (χ3v) is 7.82. The zero-order chi connectivity index (χ0) is 35.1. The fraction of sp³-hybridized carbons (Fsp3) is 0.794. The molecule has 0 aromatic carbocycles. The van der Waals surface area contributed by atoms with E-state index in [0.717, 1.165) is 58.3 Å². The van der Waals surface area contributed by atoms with E-state index in [-0.39, 0.29) is 30.0 Å². The van der Waals surface area contributed by atoms with Crippen LogP contribution in [0.4, 0.5) is 9.59 Å². The van der Waals surface area contributed by atoms with Crippen LogP contribution in [0.2, 0.25) is 0 Å². The van der Waals surface area contributed by atoms with E-state index in [1.807, 2.05) is 58.4 Å². The highest BCUT2D eigenvalue weighted by Crippen LogP contribution is 2.31. The second-order valence-electron chi connectivity index (χ2n) is 13.7. The van der Waals surface area contributed by atoms with Gasteiger partial charge in [-0.3, -0.25) is 14.2 Å². The number of rotatable bonds is 7. The molecule has 0 unspecified atom stereocenters. The van der Waals surface area contributed by atoms with E-state index in [1.165, 1.54) is 10.8 Å². The van der Waals surface area contributed by atoms with Crippen molar-refractivity contribution in [3.8, 4) is 0 Å². The van der Waals surface area contributed by atoms with Crippen molar-refractivity contribution in [1.29, 1.82) is 0 Å². The average Bonchev–Trinajstić information content (AvgIpc) is 3.21. The molecule has 0 spiro atoms. The van der Waals surface area contributed by atoms with E-state index in [1.54, 1.807) is 16.0 Å². The predicted molar refractivity (Wildman–Crippen MR) is 180 cm³/mol. The van der Waals surface area contributed by atoms with Gasteiger partial charge in [-0.25, -0.2) is 14.4 Å². The van der Waals surface area contributed by atoms with E-state index in [9.17, 15) is 24.0 Å². The zero-order valence-electron chi connectivity index (χ0n) is 30.3. The second-order valence-corrected chi connectivity index (χ2v) is 13.7. The van der Waals surface area contributed by atoms with Crippen molar-refractivity contribution in [3.05, 3.63) is 23.0 Å². The minimum Gasteiger partial charge on any atom is -0.448 e. The van der Waals surface area contributed by atoms with Gasteiger partial charge in [0.25, 0.3) is 0 Å². The number of Topliss-reactive ketones (excluding diaryl/α,β-unsaturated/α-hetero) is 1. The van der Waals surface area contributed by atoms with Gasteiger partial charge in [0.05, 0.1) is 6.54 Å². The molecule has 12 heteroatoms. The number of likely N-dealkylation sites (tertiary alicyclic amines) is 1. The minimum absolute atomic E-state index is 0.162. The highest BCUT2D eigenvalue weighted by atomic mass is 16.6. The summed E-state index contributed by atoms with van der Waals surface area (Å²) in [6.45, 7) is 24.2. The number of carbonyl (C=O) groups excluding carboxylic acids is 4.